The van der Waals surface area contributed by atoms with Gasteiger partial charge in [-0.15, -0.1) is 0 Å². The van der Waals surface area contributed by atoms with E-state index in [2.05, 4.69) is 29.8 Å². The highest BCUT2D eigenvalue weighted by Gasteiger charge is 1.44. The van der Waals surface area contributed by atoms with Crippen LogP contribution in [0.3, 0.4) is 0 Å². The zero-order valence-corrected chi connectivity index (χ0v) is 3.59. The van der Waals surface area contributed by atoms with Crippen LogP contribution in [-0.2, 0) is 0 Å². The van der Waals surface area contributed by atoms with Crippen molar-refractivity contribution in [2.24, 2.45) is 0 Å². The van der Waals surface area contributed by atoms with Crippen LogP contribution in [0, 0.1) is 0 Å². The quantitative estimate of drug-likeness (QED) is 0.365. The van der Waals surface area contributed by atoms with E-state index in [4.69, 9.17) is 0 Å². The number of hydrogen-bond acceptors (Lipinski definition) is 2. The predicted molar refractivity (Wildman–Crippen MR) is 24.8 cm³/mol. The van der Waals surface area contributed by atoms with Crippen LogP contribution >= 0.6 is 25.0 Å². The minimum atomic E-state index is 1.20. The maximum absolute atomic E-state index is 4.19. The van der Waals surface area contributed by atoms with Gasteiger partial charge >= 0.3 is 0 Å². The van der Waals surface area contributed by atoms with Crippen LogP contribution in [0.25, 0.3) is 0 Å². The molecule has 0 aromatic heterocycles. The summed E-state index contributed by atoms with van der Waals surface area (Å²) in [5.74, 6) is 0. The third-order valence-electron chi connectivity index (χ3n) is 0.0471. The first-order valence-electron chi connectivity index (χ1n) is 0.694. The topological polar surface area (TPSA) is 14.1 Å². The molecule has 0 aromatic rings. The molecule has 0 rings (SSSR count). The number of nitrogens with zero attached hydrogens (tertiary/aromatic N) is 1. The predicted octanol–water partition coefficient (Wildman–Crippen LogP) is 0.393. The van der Waals surface area contributed by atoms with Gasteiger partial charge in [0.25, 0.3) is 0 Å². The summed E-state index contributed by atoms with van der Waals surface area (Å²) in [6.45, 7) is 0. The van der Waals surface area contributed by atoms with E-state index in [0.29, 0.717) is 0 Å². The molecule has 0 atom stereocenters. The van der Waals surface area contributed by atoms with Crippen LogP contribution in [0.4, 0.5) is 0 Å². The van der Waals surface area contributed by atoms with Gasteiger partial charge < -0.3 is 0 Å². The molecule has 23 valence electrons. The van der Waals surface area contributed by atoms with E-state index in [0.717, 1.165) is 0 Å². The molecule has 0 saturated carbocycles. The average Bonchev–Trinajstić information content (AvgIpc) is 1.37. The van der Waals surface area contributed by atoms with Crippen molar-refractivity contribution >= 4 is 30.5 Å². The molecule has 3 heteroatoms. The third kappa shape index (κ3) is 2.24. The van der Waals surface area contributed by atoms with Gasteiger partial charge in [0.15, 0.2) is 0 Å². The molecule has 0 fully saturated rings. The number of thiocarbonyl (C=S) groups is 1. The fourth-order valence-corrected chi connectivity index (χ4v) is 0. The Morgan fingerprint density at radius 3 is 2.25 bits per heavy atom. The molecule has 4 heavy (non-hydrogen) atoms. The van der Waals surface area contributed by atoms with E-state index in [-0.39, 0.29) is 0 Å². The first kappa shape index (κ1) is 4.24. The van der Waals surface area contributed by atoms with E-state index in [1.165, 1.54) is 5.49 Å². The van der Waals surface area contributed by atoms with Gasteiger partial charge in [-0.1, -0.05) is 12.2 Å². The zero-order valence-electron chi connectivity index (χ0n) is 1.88. The summed E-state index contributed by atoms with van der Waals surface area (Å²) in [6.07, 6.45) is 0. The smallest absolute Gasteiger partial charge is 0.0977 e. The molecule has 0 heterocycles. The first-order valence-corrected chi connectivity index (χ1v) is 1.57. The third-order valence-corrected chi connectivity index (χ3v) is 0.424. The van der Waals surface area contributed by atoms with Crippen LogP contribution in [0.15, 0.2) is 0 Å². The van der Waals surface area contributed by atoms with Gasteiger partial charge in [-0.05, 0) is 12.8 Å². The fraction of sp³-hybridized carbons (Fsp3) is 0. The van der Waals surface area contributed by atoms with Gasteiger partial charge in [-0.3, -0.25) is 0 Å². The van der Waals surface area contributed by atoms with Gasteiger partial charge in [-0.2, -0.15) is 0 Å². The second-order valence-electron chi connectivity index (χ2n) is 0.221. The second-order valence-corrected chi connectivity index (χ2v) is 0.663. The maximum atomic E-state index is 4.19. The van der Waals surface area contributed by atoms with Crippen LogP contribution < -0.4 is 4.72 Å². The Morgan fingerprint density at radius 1 is 2.00 bits per heavy atom. The lowest BCUT2D eigenvalue weighted by atomic mass is 11.6. The van der Waals surface area contributed by atoms with E-state index in [9.17, 15) is 0 Å². The van der Waals surface area contributed by atoms with E-state index < -0.39 is 0 Å². The van der Waals surface area contributed by atoms with Crippen LogP contribution in [0.2, 0.25) is 0 Å². The van der Waals surface area contributed by atoms with Crippen molar-refractivity contribution in [1.29, 1.82) is 0 Å². The summed E-state index contributed by atoms with van der Waals surface area (Å²) in [7, 11) is 0. The van der Waals surface area contributed by atoms with Gasteiger partial charge in [0.2, 0.25) is 0 Å². The molecule has 0 N–H and O–H groups in total. The molecule has 0 amide bonds. The molecule has 0 aliphatic carbocycles. The van der Waals surface area contributed by atoms with Gasteiger partial charge in [0, 0.05) is 0 Å². The Morgan fingerprint density at radius 2 is 2.25 bits per heavy atom. The Bertz CT molecular complexity index is 20.0. The molecule has 0 spiro atoms. The molecule has 0 bridgehead atoms. The van der Waals surface area contributed by atoms with Crippen molar-refractivity contribution in [1.82, 2.24) is 4.72 Å². The molecule has 0 aliphatic heterocycles. The summed E-state index contributed by atoms with van der Waals surface area (Å²) in [4.78, 5) is 0. The highest BCUT2D eigenvalue weighted by atomic mass is 32.1. The van der Waals surface area contributed by atoms with Crippen LogP contribution in [0.5, 0.6) is 0 Å². The van der Waals surface area contributed by atoms with Crippen molar-refractivity contribution in [2.45, 2.75) is 0 Å². The van der Waals surface area contributed by atoms with Crippen molar-refractivity contribution in [3.63, 3.8) is 0 Å². The second kappa shape index (κ2) is 3.24. The van der Waals surface area contributed by atoms with Crippen LogP contribution in [-0.4, -0.2) is 5.49 Å². The monoisotopic (exact) mass is 92.0 g/mol. The van der Waals surface area contributed by atoms with E-state index >= 15 is 0 Å². The average molecular weight is 92.2 g/mol. The lowest BCUT2D eigenvalue weighted by Crippen LogP contribution is -1.72. The highest BCUT2D eigenvalue weighted by Crippen LogP contribution is 1.51. The molecule has 1 nitrogen and oxygen atoms in total. The molecule has 0 aromatic carbocycles. The summed E-state index contributed by atoms with van der Waals surface area (Å²) in [5.41, 5.74) is 1.20. The summed E-state index contributed by atoms with van der Waals surface area (Å²) < 4.78 is 3.12. The molecular formula is CH2NS2. The SMILES string of the molecule is S=C[N]S. The largest absolute Gasteiger partial charge is 0.216 e. The Labute approximate surface area is 35.9 Å². The Balaban J connectivity index is 2.30. The van der Waals surface area contributed by atoms with Crippen LogP contribution in [0.1, 0.15) is 0 Å². The lowest BCUT2D eigenvalue weighted by Gasteiger charge is -1.59. The highest BCUT2D eigenvalue weighted by molar-refractivity contribution is 7.83. The van der Waals surface area contributed by atoms with Gasteiger partial charge in [0.05, 0.1) is 5.49 Å². The van der Waals surface area contributed by atoms with Gasteiger partial charge in [-0.25, -0.2) is 4.72 Å². The molecule has 1 radical (unpaired) electrons. The standard InChI is InChI=1S/CH2NS2/c3-1-2-4/h1,4H. The number of hydrogen-bond donors (Lipinski definition) is 1. The van der Waals surface area contributed by atoms with E-state index in [1.807, 2.05) is 0 Å². The van der Waals surface area contributed by atoms with Crippen molar-refractivity contribution < 1.29 is 0 Å². The Kier molecular flexibility index (Phi) is 3.43. The van der Waals surface area contributed by atoms with Crippen molar-refractivity contribution in [3.05, 3.63) is 0 Å². The minimum Gasteiger partial charge on any atom is -0.216 e. The minimum absolute atomic E-state index is 1.20. The fourth-order valence-electron chi connectivity index (χ4n) is 0. The molecule has 0 saturated heterocycles. The normalized spacial score (nSPS) is 5.25. The summed E-state index contributed by atoms with van der Waals surface area (Å²) in [6, 6.07) is 0. The van der Waals surface area contributed by atoms with Gasteiger partial charge in [0.1, 0.15) is 0 Å². The molecule has 0 unspecified atom stereocenters. The molecular weight excluding hydrogens is 90.2 g/mol. The molecule has 0 aliphatic rings. The summed E-state index contributed by atoms with van der Waals surface area (Å²) >= 11 is 7.57. The first-order chi connectivity index (χ1) is 1.91. The van der Waals surface area contributed by atoms with E-state index in [1.54, 1.807) is 0 Å². The van der Waals surface area contributed by atoms with Crippen molar-refractivity contribution in [2.75, 3.05) is 0 Å². The Hall–Kier alpha value is 0.240. The number of rotatable bonds is 1. The lowest BCUT2D eigenvalue weighted by molar-refractivity contribution is 1.66. The maximum Gasteiger partial charge on any atom is 0.0977 e. The zero-order chi connectivity index (χ0) is 3.41. The number of thiol groups is 1. The summed E-state index contributed by atoms with van der Waals surface area (Å²) in [5, 5.41) is 0. The van der Waals surface area contributed by atoms with Crippen molar-refractivity contribution in [3.8, 4) is 0 Å².